The minimum absolute atomic E-state index is 0.0112. The third-order valence-electron chi connectivity index (χ3n) is 8.12. The SMILES string of the molecule is NC1CCC(CNC(=O)N2CCN(C(=O)O)C3(C2)C2CCCC3CCC2)CC1. The summed E-state index contributed by atoms with van der Waals surface area (Å²) in [5.41, 5.74) is 5.62. The Morgan fingerprint density at radius 1 is 0.964 bits per heavy atom. The van der Waals surface area contributed by atoms with Crippen molar-refractivity contribution in [2.24, 2.45) is 23.5 Å². The number of amides is 3. The number of nitrogens with zero attached hydrogens (tertiary/aromatic N) is 2. The smallest absolute Gasteiger partial charge is 0.407 e. The van der Waals surface area contributed by atoms with Gasteiger partial charge in [0.15, 0.2) is 0 Å². The van der Waals surface area contributed by atoms with Gasteiger partial charge in [-0.05, 0) is 69.1 Å². The lowest BCUT2D eigenvalue weighted by atomic mass is 9.58. The first-order valence-corrected chi connectivity index (χ1v) is 11.3. The standard InChI is InChI=1S/C21H36N4O3/c22-18-9-7-15(8-10-18)13-23-19(26)24-11-12-25(20(27)28)21(14-24)16-3-1-4-17(21)6-2-5-16/h15-18H,1-14,22H2,(H,23,26)(H,27,28). The van der Waals surface area contributed by atoms with Crippen molar-refractivity contribution >= 4 is 12.1 Å². The summed E-state index contributed by atoms with van der Waals surface area (Å²) in [7, 11) is 0. The maximum Gasteiger partial charge on any atom is 0.407 e. The minimum Gasteiger partial charge on any atom is -0.465 e. The Morgan fingerprint density at radius 2 is 1.57 bits per heavy atom. The highest BCUT2D eigenvalue weighted by Gasteiger charge is 2.57. The van der Waals surface area contributed by atoms with E-state index >= 15 is 0 Å². The lowest BCUT2D eigenvalue weighted by molar-refractivity contribution is -0.0942. The average Bonchev–Trinajstić information content (AvgIpc) is 2.66. The molecule has 3 amide bonds. The second-order valence-corrected chi connectivity index (χ2v) is 9.57. The van der Waals surface area contributed by atoms with Gasteiger partial charge in [0.05, 0.1) is 5.54 Å². The van der Waals surface area contributed by atoms with Crippen molar-refractivity contribution in [3.05, 3.63) is 0 Å². The minimum atomic E-state index is -0.808. The van der Waals surface area contributed by atoms with Crippen molar-refractivity contribution in [3.8, 4) is 0 Å². The highest BCUT2D eigenvalue weighted by molar-refractivity contribution is 5.75. The normalized spacial score (nSPS) is 38.3. The van der Waals surface area contributed by atoms with E-state index in [-0.39, 0.29) is 11.6 Å². The molecule has 3 saturated carbocycles. The van der Waals surface area contributed by atoms with Crippen LogP contribution in [0.5, 0.6) is 0 Å². The van der Waals surface area contributed by atoms with Crippen LogP contribution in [0.25, 0.3) is 0 Å². The third kappa shape index (κ3) is 3.58. The summed E-state index contributed by atoms with van der Waals surface area (Å²) in [5, 5.41) is 13.1. The Balaban J connectivity index is 1.43. The van der Waals surface area contributed by atoms with E-state index in [0.29, 0.717) is 50.0 Å². The van der Waals surface area contributed by atoms with Crippen LogP contribution in [0, 0.1) is 17.8 Å². The molecule has 28 heavy (non-hydrogen) atoms. The van der Waals surface area contributed by atoms with Gasteiger partial charge in [0, 0.05) is 32.2 Å². The van der Waals surface area contributed by atoms with Crippen LogP contribution in [-0.2, 0) is 0 Å². The topological polar surface area (TPSA) is 98.9 Å². The summed E-state index contributed by atoms with van der Waals surface area (Å²) in [6.07, 6.45) is 10.2. The van der Waals surface area contributed by atoms with Gasteiger partial charge in [-0.15, -0.1) is 0 Å². The van der Waals surface area contributed by atoms with Gasteiger partial charge < -0.3 is 21.1 Å². The number of urea groups is 1. The molecule has 7 heteroatoms. The second-order valence-electron chi connectivity index (χ2n) is 9.57. The zero-order valence-electron chi connectivity index (χ0n) is 16.9. The molecule has 0 aromatic carbocycles. The highest BCUT2D eigenvalue weighted by Crippen LogP contribution is 2.52. The Kier molecular flexibility index (Phi) is 5.72. The van der Waals surface area contributed by atoms with Gasteiger partial charge in [-0.25, -0.2) is 9.59 Å². The maximum absolute atomic E-state index is 13.0. The molecule has 1 saturated heterocycles. The quantitative estimate of drug-likeness (QED) is 0.673. The van der Waals surface area contributed by atoms with E-state index in [1.54, 1.807) is 4.90 Å². The van der Waals surface area contributed by atoms with E-state index in [4.69, 9.17) is 5.73 Å². The first kappa shape index (κ1) is 19.8. The van der Waals surface area contributed by atoms with Crippen molar-refractivity contribution < 1.29 is 14.7 Å². The first-order chi connectivity index (χ1) is 13.5. The van der Waals surface area contributed by atoms with Gasteiger partial charge in [0.25, 0.3) is 0 Å². The number of hydrogen-bond acceptors (Lipinski definition) is 3. The molecule has 0 aromatic heterocycles. The molecular formula is C21H36N4O3. The number of nitrogens with one attached hydrogen (secondary N) is 1. The molecule has 3 aliphatic carbocycles. The maximum atomic E-state index is 13.0. The molecule has 0 atom stereocenters. The van der Waals surface area contributed by atoms with Crippen LogP contribution >= 0.6 is 0 Å². The van der Waals surface area contributed by atoms with Gasteiger partial charge in [0.2, 0.25) is 0 Å². The molecule has 2 bridgehead atoms. The van der Waals surface area contributed by atoms with Crippen LogP contribution in [0.1, 0.15) is 64.2 Å². The summed E-state index contributed by atoms with van der Waals surface area (Å²) in [5.74, 6) is 1.31. The fourth-order valence-electron chi connectivity index (χ4n) is 6.62. The van der Waals surface area contributed by atoms with Gasteiger partial charge in [-0.1, -0.05) is 12.8 Å². The van der Waals surface area contributed by atoms with Gasteiger partial charge in [-0.2, -0.15) is 0 Å². The van der Waals surface area contributed by atoms with Gasteiger partial charge in [0.1, 0.15) is 0 Å². The van der Waals surface area contributed by atoms with Crippen LogP contribution in [-0.4, -0.2) is 64.8 Å². The molecule has 0 unspecified atom stereocenters. The van der Waals surface area contributed by atoms with Gasteiger partial charge in [-0.3, -0.25) is 4.90 Å². The predicted octanol–water partition coefficient (Wildman–Crippen LogP) is 2.85. The van der Waals surface area contributed by atoms with Crippen molar-refractivity contribution in [1.82, 2.24) is 15.1 Å². The lowest BCUT2D eigenvalue weighted by Gasteiger charge is -2.61. The lowest BCUT2D eigenvalue weighted by Crippen LogP contribution is -2.73. The highest BCUT2D eigenvalue weighted by atomic mass is 16.4. The Hall–Kier alpha value is -1.50. The van der Waals surface area contributed by atoms with E-state index in [9.17, 15) is 14.7 Å². The molecule has 158 valence electrons. The van der Waals surface area contributed by atoms with E-state index in [2.05, 4.69) is 5.32 Å². The molecule has 0 radical (unpaired) electrons. The Morgan fingerprint density at radius 3 is 2.14 bits per heavy atom. The average molecular weight is 393 g/mol. The molecule has 4 N–H and O–H groups in total. The number of carbonyl (C=O) groups is 2. The van der Waals surface area contributed by atoms with Gasteiger partial charge >= 0.3 is 12.1 Å². The van der Waals surface area contributed by atoms with E-state index in [1.165, 1.54) is 12.8 Å². The summed E-state index contributed by atoms with van der Waals surface area (Å²) in [6.45, 7) is 2.21. The molecule has 0 aromatic rings. The molecule has 1 spiro atoms. The van der Waals surface area contributed by atoms with Crippen LogP contribution in [0.15, 0.2) is 0 Å². The molecule has 4 fully saturated rings. The number of rotatable bonds is 2. The number of carboxylic acid groups (broad SMARTS) is 1. The number of carbonyl (C=O) groups excluding carboxylic acids is 1. The summed E-state index contributed by atoms with van der Waals surface area (Å²) < 4.78 is 0. The van der Waals surface area contributed by atoms with Crippen LogP contribution in [0.2, 0.25) is 0 Å². The van der Waals surface area contributed by atoms with E-state index < -0.39 is 6.09 Å². The number of piperazine rings is 1. The zero-order chi connectivity index (χ0) is 19.7. The zero-order valence-corrected chi connectivity index (χ0v) is 16.9. The largest absolute Gasteiger partial charge is 0.465 e. The summed E-state index contributed by atoms with van der Waals surface area (Å²) in [6, 6.07) is 0.310. The number of nitrogens with two attached hydrogens (primary N) is 1. The molecule has 1 aliphatic heterocycles. The number of hydrogen-bond donors (Lipinski definition) is 3. The van der Waals surface area contributed by atoms with Crippen molar-refractivity contribution in [2.75, 3.05) is 26.2 Å². The van der Waals surface area contributed by atoms with Crippen LogP contribution in [0.3, 0.4) is 0 Å². The molecule has 7 nitrogen and oxygen atoms in total. The van der Waals surface area contributed by atoms with Crippen molar-refractivity contribution in [2.45, 2.75) is 75.8 Å². The van der Waals surface area contributed by atoms with Crippen molar-refractivity contribution in [3.63, 3.8) is 0 Å². The molecule has 4 rings (SSSR count). The van der Waals surface area contributed by atoms with Crippen LogP contribution < -0.4 is 11.1 Å². The van der Waals surface area contributed by atoms with Crippen LogP contribution in [0.4, 0.5) is 9.59 Å². The van der Waals surface area contributed by atoms with E-state index in [1.807, 2.05) is 4.90 Å². The Bertz CT molecular complexity index is 568. The fourth-order valence-corrected chi connectivity index (χ4v) is 6.62. The monoisotopic (exact) mass is 392 g/mol. The summed E-state index contributed by atoms with van der Waals surface area (Å²) in [4.78, 5) is 28.7. The summed E-state index contributed by atoms with van der Waals surface area (Å²) >= 11 is 0. The third-order valence-corrected chi connectivity index (χ3v) is 8.12. The molecular weight excluding hydrogens is 356 g/mol. The Labute approximate surface area is 168 Å². The molecule has 4 aliphatic rings. The second kappa shape index (κ2) is 8.09. The van der Waals surface area contributed by atoms with Crippen molar-refractivity contribution in [1.29, 1.82) is 0 Å². The fraction of sp³-hybridized carbons (Fsp3) is 0.905. The molecule has 1 heterocycles. The first-order valence-electron chi connectivity index (χ1n) is 11.3. The van der Waals surface area contributed by atoms with E-state index in [0.717, 1.165) is 51.4 Å². The predicted molar refractivity (Wildman–Crippen MR) is 107 cm³/mol.